The lowest BCUT2D eigenvalue weighted by Crippen LogP contribution is -2.33. The molecule has 0 bridgehead atoms. The summed E-state index contributed by atoms with van der Waals surface area (Å²) in [5.74, 6) is -3.98. The number of urea groups is 1. The third-order valence-corrected chi connectivity index (χ3v) is 4.49. The van der Waals surface area contributed by atoms with Crippen LogP contribution in [0.2, 0.25) is 0 Å². The number of carbonyl (C=O) groups excluding carboxylic acids is 1. The van der Waals surface area contributed by atoms with Gasteiger partial charge in [0.05, 0.1) is 0 Å². The topological polar surface area (TPSA) is 121 Å². The van der Waals surface area contributed by atoms with Crippen molar-refractivity contribution in [3.63, 3.8) is 0 Å². The average molecular weight is 415 g/mol. The fourth-order valence-corrected chi connectivity index (χ4v) is 2.79. The Hall–Kier alpha value is -2.79. The molecule has 1 heterocycles. The van der Waals surface area contributed by atoms with Crippen LogP contribution >= 0.6 is 11.5 Å². The van der Waals surface area contributed by atoms with Crippen LogP contribution in [0.4, 0.5) is 18.6 Å². The largest absolute Gasteiger partial charge is 0.477 e. The van der Waals surface area contributed by atoms with E-state index in [0.29, 0.717) is 11.5 Å². The van der Waals surface area contributed by atoms with Crippen LogP contribution in [-0.4, -0.2) is 39.7 Å². The molecular formula is C17H19F2N3O5S. The maximum Gasteiger partial charge on any atom is 0.344 e. The van der Waals surface area contributed by atoms with Gasteiger partial charge in [0.1, 0.15) is 11.6 Å². The van der Waals surface area contributed by atoms with Gasteiger partial charge in [-0.05, 0) is 29.9 Å². The van der Waals surface area contributed by atoms with Gasteiger partial charge in [-0.15, -0.1) is 0 Å². The molecule has 2 aromatic rings. The van der Waals surface area contributed by atoms with Gasteiger partial charge in [0.2, 0.25) is 5.88 Å². The van der Waals surface area contributed by atoms with Crippen molar-refractivity contribution in [2.75, 3.05) is 18.5 Å². The summed E-state index contributed by atoms with van der Waals surface area (Å²) in [5.41, 5.74) is -0.366. The number of nitrogens with one attached hydrogen (secondary N) is 2. The number of carboxylic acids is 1. The maximum absolute atomic E-state index is 13.9. The molecule has 28 heavy (non-hydrogen) atoms. The van der Waals surface area contributed by atoms with Gasteiger partial charge < -0.3 is 20.3 Å². The number of aromatic nitrogens is 1. The molecule has 0 saturated carbocycles. The van der Waals surface area contributed by atoms with Gasteiger partial charge >= 0.3 is 12.0 Å². The zero-order chi connectivity index (χ0) is 20.8. The van der Waals surface area contributed by atoms with Gasteiger partial charge in [-0.1, -0.05) is 19.1 Å². The van der Waals surface area contributed by atoms with Crippen molar-refractivity contribution in [2.24, 2.45) is 5.92 Å². The SMILES string of the molecule is Cc1ccc(COc2nsc(NC(=O)NCC(C)CO)c2C(=O)O)c(F)c1F. The van der Waals surface area contributed by atoms with Gasteiger partial charge in [-0.3, -0.25) is 5.32 Å². The summed E-state index contributed by atoms with van der Waals surface area (Å²) in [6.07, 6.45) is 0. The summed E-state index contributed by atoms with van der Waals surface area (Å²) in [5, 5.41) is 23.1. The summed E-state index contributed by atoms with van der Waals surface area (Å²) < 4.78 is 36.6. The molecule has 0 saturated heterocycles. The molecule has 152 valence electrons. The van der Waals surface area contributed by atoms with Crippen LogP contribution in [-0.2, 0) is 6.61 Å². The van der Waals surface area contributed by atoms with Gasteiger partial charge in [-0.2, -0.15) is 4.37 Å². The van der Waals surface area contributed by atoms with Crippen LogP contribution in [0.25, 0.3) is 0 Å². The number of aliphatic hydroxyl groups is 1. The first kappa shape index (κ1) is 21.5. The Bertz CT molecular complexity index is 875. The van der Waals surface area contributed by atoms with Crippen LogP contribution in [0.15, 0.2) is 12.1 Å². The van der Waals surface area contributed by atoms with E-state index in [0.717, 1.165) is 0 Å². The van der Waals surface area contributed by atoms with Crippen molar-refractivity contribution in [1.29, 1.82) is 0 Å². The fourth-order valence-electron chi connectivity index (χ4n) is 2.07. The van der Waals surface area contributed by atoms with E-state index in [1.165, 1.54) is 19.1 Å². The number of ether oxygens (including phenoxy) is 1. The van der Waals surface area contributed by atoms with Gasteiger partial charge in [0.15, 0.2) is 17.2 Å². The highest BCUT2D eigenvalue weighted by atomic mass is 32.1. The van der Waals surface area contributed by atoms with Crippen LogP contribution in [0.1, 0.15) is 28.4 Å². The third kappa shape index (κ3) is 5.14. The molecule has 8 nitrogen and oxygen atoms in total. The van der Waals surface area contributed by atoms with Gasteiger partial charge in [0, 0.05) is 18.7 Å². The first-order valence-electron chi connectivity index (χ1n) is 8.19. The minimum atomic E-state index is -1.40. The van der Waals surface area contributed by atoms with E-state index in [1.807, 2.05) is 0 Å². The quantitative estimate of drug-likeness (QED) is 0.526. The van der Waals surface area contributed by atoms with Crippen LogP contribution in [0.5, 0.6) is 5.88 Å². The lowest BCUT2D eigenvalue weighted by atomic mass is 10.1. The smallest absolute Gasteiger partial charge is 0.344 e. The minimum Gasteiger partial charge on any atom is -0.477 e. The average Bonchev–Trinajstić information content (AvgIpc) is 3.06. The number of hydrogen-bond donors (Lipinski definition) is 4. The number of aromatic carboxylic acids is 1. The monoisotopic (exact) mass is 415 g/mol. The number of halogens is 2. The third-order valence-electron chi connectivity index (χ3n) is 3.74. The molecule has 0 radical (unpaired) electrons. The van der Waals surface area contributed by atoms with Crippen molar-refractivity contribution in [1.82, 2.24) is 9.69 Å². The summed E-state index contributed by atoms with van der Waals surface area (Å²) in [7, 11) is 0. The highest BCUT2D eigenvalue weighted by Crippen LogP contribution is 2.31. The predicted molar refractivity (Wildman–Crippen MR) is 97.8 cm³/mol. The molecule has 1 aromatic carbocycles. The molecule has 0 spiro atoms. The molecule has 1 atom stereocenters. The van der Waals surface area contributed by atoms with E-state index in [1.54, 1.807) is 6.92 Å². The summed E-state index contributed by atoms with van der Waals surface area (Å²) >= 11 is 0.673. The van der Waals surface area contributed by atoms with E-state index in [2.05, 4.69) is 15.0 Å². The molecule has 0 fully saturated rings. The van der Waals surface area contributed by atoms with E-state index in [9.17, 15) is 23.5 Å². The van der Waals surface area contributed by atoms with Crippen molar-refractivity contribution in [3.8, 4) is 5.88 Å². The van der Waals surface area contributed by atoms with Crippen molar-refractivity contribution < 1.29 is 33.3 Å². The number of amides is 2. The lowest BCUT2D eigenvalue weighted by molar-refractivity contribution is 0.0693. The first-order chi connectivity index (χ1) is 13.2. The number of carbonyl (C=O) groups is 2. The minimum absolute atomic E-state index is 0.0767. The molecule has 11 heteroatoms. The Morgan fingerprint density at radius 3 is 2.68 bits per heavy atom. The van der Waals surface area contributed by atoms with Crippen LogP contribution < -0.4 is 15.4 Å². The predicted octanol–water partition coefficient (Wildman–Crippen LogP) is 2.76. The highest BCUT2D eigenvalue weighted by Gasteiger charge is 2.24. The normalized spacial score (nSPS) is 11.8. The van der Waals surface area contributed by atoms with E-state index >= 15 is 0 Å². The summed E-state index contributed by atoms with van der Waals surface area (Å²) in [4.78, 5) is 23.4. The molecule has 0 aliphatic heterocycles. The lowest BCUT2D eigenvalue weighted by Gasteiger charge is -2.10. The Kier molecular flexibility index (Phi) is 7.24. The first-order valence-corrected chi connectivity index (χ1v) is 8.96. The fraction of sp³-hybridized carbons (Fsp3) is 0.353. The molecule has 4 N–H and O–H groups in total. The number of benzene rings is 1. The van der Waals surface area contributed by atoms with Crippen molar-refractivity contribution in [2.45, 2.75) is 20.5 Å². The van der Waals surface area contributed by atoms with E-state index in [-0.39, 0.29) is 41.1 Å². The van der Waals surface area contributed by atoms with E-state index < -0.39 is 35.8 Å². The highest BCUT2D eigenvalue weighted by molar-refractivity contribution is 7.11. The molecule has 0 aliphatic rings. The number of hydrogen-bond acceptors (Lipinski definition) is 6. The second-order valence-electron chi connectivity index (χ2n) is 6.08. The van der Waals surface area contributed by atoms with Crippen LogP contribution in [0.3, 0.4) is 0 Å². The zero-order valence-electron chi connectivity index (χ0n) is 15.1. The van der Waals surface area contributed by atoms with Gasteiger partial charge in [-0.25, -0.2) is 18.4 Å². The number of aryl methyl sites for hydroxylation is 1. The number of carboxylic acid groups (broad SMARTS) is 1. The summed E-state index contributed by atoms with van der Waals surface area (Å²) in [6, 6.07) is 2.03. The van der Waals surface area contributed by atoms with Gasteiger partial charge in [0.25, 0.3) is 0 Å². The van der Waals surface area contributed by atoms with Crippen molar-refractivity contribution in [3.05, 3.63) is 40.5 Å². The molecule has 2 rings (SSSR count). The molecule has 1 unspecified atom stereocenters. The molecule has 0 aliphatic carbocycles. The number of anilines is 1. The zero-order valence-corrected chi connectivity index (χ0v) is 15.9. The Morgan fingerprint density at radius 1 is 1.32 bits per heavy atom. The summed E-state index contributed by atoms with van der Waals surface area (Å²) in [6.45, 7) is 2.76. The maximum atomic E-state index is 13.9. The number of nitrogens with zero attached hydrogens (tertiary/aromatic N) is 1. The Labute approximate surface area is 163 Å². The van der Waals surface area contributed by atoms with E-state index in [4.69, 9.17) is 9.84 Å². The molecular weight excluding hydrogens is 396 g/mol. The standard InChI is InChI=1S/C17H19F2N3O5S/c1-8(6-23)5-20-17(26)21-15-11(16(24)25)14(22-28-15)27-7-10-4-3-9(2)12(18)13(10)19/h3-4,8,23H,5-7H2,1-2H3,(H,24,25)(H2,20,21,26). The van der Waals surface area contributed by atoms with Crippen LogP contribution in [0, 0.1) is 24.5 Å². The Morgan fingerprint density at radius 2 is 2.04 bits per heavy atom. The number of aliphatic hydroxyl groups excluding tert-OH is 1. The van der Waals surface area contributed by atoms with Crippen molar-refractivity contribution >= 4 is 28.5 Å². The molecule has 2 amide bonds. The second-order valence-corrected chi connectivity index (χ2v) is 6.85. The molecule has 1 aromatic heterocycles. The second kappa shape index (κ2) is 9.42. The number of rotatable bonds is 8. The Balaban J connectivity index is 2.11.